The Bertz CT molecular complexity index is 1850. The Balaban J connectivity index is 1.16. The maximum atomic E-state index is 12.7. The number of amides is 2. The van der Waals surface area contributed by atoms with Gasteiger partial charge in [0, 0.05) is 56.8 Å². The molecule has 3 aliphatic rings. The normalized spacial score (nSPS) is 17.5. The van der Waals surface area contributed by atoms with Crippen molar-refractivity contribution in [2.45, 2.75) is 38.4 Å². The molecule has 1 unspecified atom stereocenters. The number of hydrogen-bond donors (Lipinski definition) is 3. The predicted octanol–water partition coefficient (Wildman–Crippen LogP) is 3.63. The fraction of sp³-hybridized carbons (Fsp3) is 0.344. The van der Waals surface area contributed by atoms with Crippen molar-refractivity contribution in [3.05, 3.63) is 71.4 Å². The summed E-state index contributed by atoms with van der Waals surface area (Å²) < 4.78 is 2.15. The first-order valence-corrected chi connectivity index (χ1v) is 15.0. The largest absolute Gasteiger partial charge is 0.364 e. The van der Waals surface area contributed by atoms with Gasteiger partial charge in [-0.3, -0.25) is 19.2 Å². The van der Waals surface area contributed by atoms with E-state index in [0.29, 0.717) is 23.7 Å². The van der Waals surface area contributed by atoms with E-state index < -0.39 is 0 Å². The fourth-order valence-electron chi connectivity index (χ4n) is 6.14. The average molecular weight is 604 g/mol. The molecular formula is C32H33N11O2. The lowest BCUT2D eigenvalue weighted by molar-refractivity contribution is -0.117. The van der Waals surface area contributed by atoms with Gasteiger partial charge in [-0.05, 0) is 38.0 Å². The number of fused-ring (bicyclic) bond motifs is 3. The number of hydrogen-bond acceptors (Lipinski definition) is 10. The third kappa shape index (κ3) is 5.23. The van der Waals surface area contributed by atoms with Crippen molar-refractivity contribution < 1.29 is 9.59 Å². The van der Waals surface area contributed by atoms with Gasteiger partial charge in [-0.15, -0.1) is 10.2 Å². The number of nitrogens with one attached hydrogen (secondary N) is 3. The number of pyridine rings is 1. The number of carbonyl (C=O) groups excluding carboxylic acids is 2. The van der Waals surface area contributed by atoms with E-state index in [4.69, 9.17) is 5.10 Å². The van der Waals surface area contributed by atoms with Crippen LogP contribution in [0.4, 0.5) is 22.9 Å². The second-order valence-corrected chi connectivity index (χ2v) is 11.8. The molecule has 13 nitrogen and oxygen atoms in total. The van der Waals surface area contributed by atoms with Crippen LogP contribution in [0.2, 0.25) is 0 Å². The van der Waals surface area contributed by atoms with Crippen LogP contribution < -0.4 is 20.9 Å². The van der Waals surface area contributed by atoms with Crippen LogP contribution in [0.25, 0.3) is 11.1 Å². The molecule has 2 amide bonds. The Labute approximate surface area is 260 Å². The van der Waals surface area contributed by atoms with Gasteiger partial charge in [0.05, 0.1) is 46.7 Å². The lowest BCUT2D eigenvalue weighted by Gasteiger charge is -2.42. The first-order chi connectivity index (χ1) is 21.8. The highest BCUT2D eigenvalue weighted by Gasteiger charge is 2.37. The summed E-state index contributed by atoms with van der Waals surface area (Å²) in [4.78, 5) is 34.1. The lowest BCUT2D eigenvalue weighted by atomic mass is 9.93. The lowest BCUT2D eigenvalue weighted by Crippen LogP contribution is -2.48. The number of carbonyl (C=O) groups is 2. The molecule has 1 atom stereocenters. The molecule has 13 heteroatoms. The van der Waals surface area contributed by atoms with Gasteiger partial charge >= 0.3 is 0 Å². The fourth-order valence-corrected chi connectivity index (χ4v) is 6.14. The smallest absolute Gasteiger partial charge is 0.273 e. The average Bonchev–Trinajstić information content (AvgIpc) is 3.80. The molecule has 1 saturated carbocycles. The van der Waals surface area contributed by atoms with Crippen LogP contribution in [0.1, 0.15) is 59.4 Å². The van der Waals surface area contributed by atoms with Crippen molar-refractivity contribution in [3.63, 3.8) is 0 Å². The van der Waals surface area contributed by atoms with Gasteiger partial charge < -0.3 is 20.9 Å². The Kier molecular flexibility index (Phi) is 7.13. The molecule has 1 aromatic carbocycles. The van der Waals surface area contributed by atoms with Gasteiger partial charge in [-0.1, -0.05) is 18.2 Å². The quantitative estimate of drug-likeness (QED) is 0.272. The van der Waals surface area contributed by atoms with Crippen LogP contribution in [-0.2, 0) is 11.3 Å². The van der Waals surface area contributed by atoms with E-state index in [-0.39, 0.29) is 35.5 Å². The van der Waals surface area contributed by atoms with Crippen molar-refractivity contribution in [1.82, 2.24) is 35.2 Å². The van der Waals surface area contributed by atoms with E-state index in [1.807, 2.05) is 30.5 Å². The van der Waals surface area contributed by atoms with E-state index in [9.17, 15) is 14.9 Å². The molecule has 0 radical (unpaired) electrons. The number of aromatic nitrogens is 5. The Morgan fingerprint density at radius 3 is 2.62 bits per heavy atom. The SMILES string of the molecule is CNC(=O)c1nnc(NC(=O)C2CC2)cc1Nc1cccc2c1N(C)C(C)c1c-2cnn1C1CN(Cc2cccc(C#N)n2)C1. The zero-order chi connectivity index (χ0) is 31.2. The third-order valence-electron chi connectivity index (χ3n) is 8.79. The van der Waals surface area contributed by atoms with Gasteiger partial charge in [0.25, 0.3) is 5.91 Å². The topological polar surface area (TPSA) is 157 Å². The highest BCUT2D eigenvalue weighted by atomic mass is 16.2. The first kappa shape index (κ1) is 28.4. The van der Waals surface area contributed by atoms with Crippen LogP contribution in [0, 0.1) is 17.2 Å². The molecule has 228 valence electrons. The molecular weight excluding hydrogens is 570 g/mol. The Hall–Kier alpha value is -5.35. The number of anilines is 4. The molecule has 3 aromatic heterocycles. The van der Waals surface area contributed by atoms with E-state index in [2.05, 4.69) is 71.7 Å². The summed E-state index contributed by atoms with van der Waals surface area (Å²) in [6, 6.07) is 15.6. The van der Waals surface area contributed by atoms with Crippen molar-refractivity contribution in [2.75, 3.05) is 42.7 Å². The predicted molar refractivity (Wildman–Crippen MR) is 168 cm³/mol. The maximum Gasteiger partial charge on any atom is 0.273 e. The summed E-state index contributed by atoms with van der Waals surface area (Å²) in [5, 5.41) is 31.2. The molecule has 45 heavy (non-hydrogen) atoms. The van der Waals surface area contributed by atoms with Crippen molar-refractivity contribution in [1.29, 1.82) is 5.26 Å². The van der Waals surface area contributed by atoms with Crippen LogP contribution in [0.15, 0.2) is 48.7 Å². The summed E-state index contributed by atoms with van der Waals surface area (Å²) in [5.41, 5.74) is 6.90. The minimum atomic E-state index is -0.386. The van der Waals surface area contributed by atoms with Crippen LogP contribution >= 0.6 is 0 Å². The van der Waals surface area contributed by atoms with Gasteiger partial charge in [-0.2, -0.15) is 10.4 Å². The number of benzene rings is 1. The number of likely N-dealkylation sites (tertiary alicyclic amines) is 1. The second-order valence-electron chi connectivity index (χ2n) is 11.8. The minimum absolute atomic E-state index is 0.00901. The third-order valence-corrected chi connectivity index (χ3v) is 8.79. The molecule has 5 heterocycles. The van der Waals surface area contributed by atoms with Gasteiger partial charge in [0.1, 0.15) is 11.8 Å². The van der Waals surface area contributed by atoms with Crippen molar-refractivity contribution in [3.8, 4) is 17.2 Å². The maximum absolute atomic E-state index is 12.7. The van der Waals surface area contributed by atoms with E-state index >= 15 is 0 Å². The summed E-state index contributed by atoms with van der Waals surface area (Å²) in [5.74, 6) is -0.171. The molecule has 0 spiro atoms. The molecule has 3 N–H and O–H groups in total. The Morgan fingerprint density at radius 1 is 1.07 bits per heavy atom. The standard InChI is InChI=1S/C32H33N11O2/c1-18-29-24(14-35-43(29)22-16-42(17-22)15-21-7-4-6-20(13-33)36-21)23-8-5-9-25(30(23)41(18)3)37-26-12-27(38-31(44)19-10-11-19)39-40-28(26)32(45)34-2/h4-9,12,14,18-19,22H,10-11,15-17H2,1-3H3,(H,34,45)(H2,37,38,39,44). The summed E-state index contributed by atoms with van der Waals surface area (Å²) in [7, 11) is 3.60. The first-order valence-electron chi connectivity index (χ1n) is 15.0. The van der Waals surface area contributed by atoms with E-state index in [0.717, 1.165) is 59.8 Å². The van der Waals surface area contributed by atoms with E-state index in [1.54, 1.807) is 19.2 Å². The van der Waals surface area contributed by atoms with Crippen LogP contribution in [0.5, 0.6) is 0 Å². The van der Waals surface area contributed by atoms with Crippen LogP contribution in [-0.4, -0.2) is 68.9 Å². The summed E-state index contributed by atoms with van der Waals surface area (Å²) >= 11 is 0. The molecule has 1 aliphatic carbocycles. The molecule has 0 bridgehead atoms. The Morgan fingerprint density at radius 2 is 1.87 bits per heavy atom. The molecule has 7 rings (SSSR count). The molecule has 2 fully saturated rings. The highest BCUT2D eigenvalue weighted by Crippen LogP contribution is 2.49. The molecule has 2 aliphatic heterocycles. The van der Waals surface area contributed by atoms with Crippen LogP contribution in [0.3, 0.4) is 0 Å². The highest BCUT2D eigenvalue weighted by molar-refractivity contribution is 6.01. The zero-order valence-corrected chi connectivity index (χ0v) is 25.3. The summed E-state index contributed by atoms with van der Waals surface area (Å²) in [6.45, 7) is 4.54. The van der Waals surface area contributed by atoms with E-state index in [1.165, 1.54) is 0 Å². The monoisotopic (exact) mass is 603 g/mol. The summed E-state index contributed by atoms with van der Waals surface area (Å²) in [6.07, 6.45) is 3.68. The van der Waals surface area contributed by atoms with Crippen molar-refractivity contribution >= 4 is 34.7 Å². The van der Waals surface area contributed by atoms with Gasteiger partial charge in [0.2, 0.25) is 5.91 Å². The number of rotatable bonds is 8. The number of para-hydroxylation sites is 1. The molecule has 1 saturated heterocycles. The number of nitriles is 1. The van der Waals surface area contributed by atoms with Gasteiger partial charge in [0.15, 0.2) is 11.5 Å². The number of nitrogens with zero attached hydrogens (tertiary/aromatic N) is 8. The van der Waals surface area contributed by atoms with Crippen molar-refractivity contribution in [2.24, 2.45) is 5.92 Å². The minimum Gasteiger partial charge on any atom is -0.364 e. The zero-order valence-electron chi connectivity index (χ0n) is 25.3. The van der Waals surface area contributed by atoms with Gasteiger partial charge in [-0.25, -0.2) is 4.98 Å². The molecule has 4 aromatic rings. The second kappa shape index (κ2) is 11.3.